The largest absolute Gasteiger partial charge is 0.497 e. The second kappa shape index (κ2) is 12.3. The van der Waals surface area contributed by atoms with E-state index in [0.29, 0.717) is 30.3 Å². The van der Waals surface area contributed by atoms with Crippen LogP contribution in [0.15, 0.2) is 60.0 Å². The Morgan fingerprint density at radius 2 is 1.74 bits per heavy atom. The van der Waals surface area contributed by atoms with Crippen molar-refractivity contribution in [1.82, 2.24) is 9.80 Å². The zero-order valence-electron chi connectivity index (χ0n) is 20.9. The van der Waals surface area contributed by atoms with Crippen LogP contribution in [0.3, 0.4) is 0 Å². The molecule has 0 fully saturated rings. The van der Waals surface area contributed by atoms with Crippen LogP contribution in [0.1, 0.15) is 29.9 Å². The molecule has 8 heteroatoms. The Kier molecular flexibility index (Phi) is 9.14. The minimum atomic E-state index is -0.371. The van der Waals surface area contributed by atoms with Crippen LogP contribution in [-0.4, -0.2) is 48.5 Å². The first-order chi connectivity index (χ1) is 16.8. The van der Waals surface area contributed by atoms with Gasteiger partial charge in [0, 0.05) is 23.5 Å². The highest BCUT2D eigenvalue weighted by Gasteiger charge is 2.25. The van der Waals surface area contributed by atoms with Crippen LogP contribution in [0.2, 0.25) is 0 Å². The highest BCUT2D eigenvalue weighted by molar-refractivity contribution is 7.10. The van der Waals surface area contributed by atoms with Crippen molar-refractivity contribution in [3.8, 4) is 11.5 Å². The summed E-state index contributed by atoms with van der Waals surface area (Å²) in [5.41, 5.74) is 2.70. The van der Waals surface area contributed by atoms with Gasteiger partial charge in [0.1, 0.15) is 18.0 Å². The van der Waals surface area contributed by atoms with Crippen molar-refractivity contribution >= 4 is 29.0 Å². The Morgan fingerprint density at radius 3 is 2.34 bits per heavy atom. The van der Waals surface area contributed by atoms with E-state index in [2.05, 4.69) is 11.4 Å². The SMILES string of the molecule is COc1ccc(NC(=O)N(CC(=O)N(Cc2ccccc2)Cc2sccc2C)C(C)C)c(OC)c1. The van der Waals surface area contributed by atoms with Crippen LogP contribution in [0, 0.1) is 6.92 Å². The number of rotatable bonds is 10. The van der Waals surface area contributed by atoms with Crippen molar-refractivity contribution < 1.29 is 19.1 Å². The molecule has 3 aromatic rings. The number of hydrogen-bond donors (Lipinski definition) is 1. The van der Waals surface area contributed by atoms with Gasteiger partial charge in [0.2, 0.25) is 5.91 Å². The second-order valence-corrected chi connectivity index (χ2v) is 9.48. The van der Waals surface area contributed by atoms with Crippen LogP contribution in [0.25, 0.3) is 0 Å². The molecule has 7 nitrogen and oxygen atoms in total. The lowest BCUT2D eigenvalue weighted by molar-refractivity contribution is -0.133. The Hall–Kier alpha value is -3.52. The number of hydrogen-bond acceptors (Lipinski definition) is 5. The first-order valence-electron chi connectivity index (χ1n) is 11.5. The summed E-state index contributed by atoms with van der Waals surface area (Å²) in [6, 6.07) is 16.5. The van der Waals surface area contributed by atoms with E-state index in [9.17, 15) is 9.59 Å². The summed E-state index contributed by atoms with van der Waals surface area (Å²) >= 11 is 1.64. The molecule has 1 heterocycles. The van der Waals surface area contributed by atoms with Gasteiger partial charge in [0.15, 0.2) is 0 Å². The van der Waals surface area contributed by atoms with E-state index in [4.69, 9.17) is 9.47 Å². The zero-order chi connectivity index (χ0) is 25.4. The topological polar surface area (TPSA) is 71.1 Å². The minimum Gasteiger partial charge on any atom is -0.497 e. The summed E-state index contributed by atoms with van der Waals surface area (Å²) in [6.07, 6.45) is 0. The van der Waals surface area contributed by atoms with Crippen molar-refractivity contribution in [1.29, 1.82) is 0 Å². The highest BCUT2D eigenvalue weighted by Crippen LogP contribution is 2.29. The molecule has 0 saturated heterocycles. The first-order valence-corrected chi connectivity index (χ1v) is 12.3. The maximum absolute atomic E-state index is 13.5. The molecule has 1 aromatic heterocycles. The standard InChI is InChI=1S/C27H33N3O4S/c1-19(2)30(27(32)28-23-12-11-22(33-4)15-24(23)34-5)18-26(31)29(16-21-9-7-6-8-10-21)17-25-20(3)13-14-35-25/h6-15,19H,16-18H2,1-5H3,(H,28,32). The number of aryl methyl sites for hydroxylation is 1. The number of carbonyl (C=O) groups is 2. The van der Waals surface area contributed by atoms with E-state index < -0.39 is 0 Å². The number of ether oxygens (including phenoxy) is 2. The van der Waals surface area contributed by atoms with Crippen molar-refractivity contribution in [2.24, 2.45) is 0 Å². The monoisotopic (exact) mass is 495 g/mol. The van der Waals surface area contributed by atoms with Crippen LogP contribution in [0.4, 0.5) is 10.5 Å². The maximum atomic E-state index is 13.5. The van der Waals surface area contributed by atoms with E-state index >= 15 is 0 Å². The van der Waals surface area contributed by atoms with Crippen molar-refractivity contribution in [2.45, 2.75) is 39.9 Å². The molecular weight excluding hydrogens is 462 g/mol. The first kappa shape index (κ1) is 26.1. The quantitative estimate of drug-likeness (QED) is 0.401. The molecule has 2 aromatic carbocycles. The van der Waals surface area contributed by atoms with Crippen molar-refractivity contribution in [3.05, 3.63) is 76.0 Å². The summed E-state index contributed by atoms with van der Waals surface area (Å²) < 4.78 is 10.6. The summed E-state index contributed by atoms with van der Waals surface area (Å²) in [5, 5.41) is 4.91. The van der Waals surface area contributed by atoms with Gasteiger partial charge in [-0.1, -0.05) is 30.3 Å². The Bertz CT molecular complexity index is 1130. The van der Waals surface area contributed by atoms with Gasteiger partial charge in [0.25, 0.3) is 0 Å². The normalized spacial score (nSPS) is 10.7. The Labute approximate surface area is 211 Å². The van der Waals surface area contributed by atoms with Gasteiger partial charge in [-0.05, 0) is 55.5 Å². The van der Waals surface area contributed by atoms with E-state index in [1.807, 2.05) is 61.4 Å². The molecule has 0 bridgehead atoms. The Balaban J connectivity index is 1.78. The Morgan fingerprint density at radius 1 is 1.00 bits per heavy atom. The predicted octanol–water partition coefficient (Wildman–Crippen LogP) is 5.55. The number of benzene rings is 2. The number of nitrogens with one attached hydrogen (secondary N) is 1. The van der Waals surface area contributed by atoms with Crippen LogP contribution in [-0.2, 0) is 17.9 Å². The molecule has 0 spiro atoms. The van der Waals surface area contributed by atoms with Gasteiger partial charge >= 0.3 is 6.03 Å². The molecule has 3 rings (SSSR count). The molecule has 0 radical (unpaired) electrons. The van der Waals surface area contributed by atoms with Crippen molar-refractivity contribution in [2.75, 3.05) is 26.1 Å². The number of urea groups is 1. The fourth-order valence-electron chi connectivity index (χ4n) is 3.60. The fraction of sp³-hybridized carbons (Fsp3) is 0.333. The van der Waals surface area contributed by atoms with E-state index in [1.165, 1.54) is 12.0 Å². The summed E-state index contributed by atoms with van der Waals surface area (Å²) in [4.78, 5) is 31.2. The smallest absolute Gasteiger partial charge is 0.322 e. The molecule has 0 aliphatic rings. The van der Waals surface area contributed by atoms with Crippen LogP contribution < -0.4 is 14.8 Å². The maximum Gasteiger partial charge on any atom is 0.322 e. The third kappa shape index (κ3) is 6.99. The molecule has 3 amide bonds. The molecule has 0 aliphatic carbocycles. The molecule has 0 saturated carbocycles. The van der Waals surface area contributed by atoms with Gasteiger partial charge in [-0.2, -0.15) is 0 Å². The zero-order valence-corrected chi connectivity index (χ0v) is 21.7. The summed E-state index contributed by atoms with van der Waals surface area (Å²) in [5.74, 6) is 0.981. The number of methoxy groups -OCH3 is 2. The molecule has 0 unspecified atom stereocenters. The minimum absolute atomic E-state index is 0.0424. The number of nitrogens with zero attached hydrogens (tertiary/aromatic N) is 2. The lowest BCUT2D eigenvalue weighted by Crippen LogP contribution is -2.47. The van der Waals surface area contributed by atoms with Gasteiger partial charge in [0.05, 0.1) is 26.5 Å². The third-order valence-electron chi connectivity index (χ3n) is 5.71. The second-order valence-electron chi connectivity index (χ2n) is 8.48. The summed E-state index contributed by atoms with van der Waals surface area (Å²) in [7, 11) is 3.10. The van der Waals surface area contributed by atoms with Gasteiger partial charge in [-0.3, -0.25) is 4.79 Å². The molecule has 0 atom stereocenters. The molecular formula is C27H33N3O4S. The third-order valence-corrected chi connectivity index (χ3v) is 6.72. The van der Waals surface area contributed by atoms with Gasteiger partial charge in [-0.15, -0.1) is 11.3 Å². The average molecular weight is 496 g/mol. The number of amides is 3. The number of thiophene rings is 1. The van der Waals surface area contributed by atoms with Gasteiger partial charge < -0.3 is 24.6 Å². The van der Waals surface area contributed by atoms with Gasteiger partial charge in [-0.25, -0.2) is 4.79 Å². The van der Waals surface area contributed by atoms with Crippen LogP contribution >= 0.6 is 11.3 Å². The lowest BCUT2D eigenvalue weighted by Gasteiger charge is -2.30. The van der Waals surface area contributed by atoms with E-state index in [1.54, 1.807) is 36.6 Å². The van der Waals surface area contributed by atoms with E-state index in [-0.39, 0.29) is 24.5 Å². The molecule has 0 aliphatic heterocycles. The molecule has 1 N–H and O–H groups in total. The number of anilines is 1. The van der Waals surface area contributed by atoms with Crippen molar-refractivity contribution in [3.63, 3.8) is 0 Å². The summed E-state index contributed by atoms with van der Waals surface area (Å²) in [6.45, 7) is 6.76. The molecule has 186 valence electrons. The average Bonchev–Trinajstić information content (AvgIpc) is 3.26. The fourth-order valence-corrected chi connectivity index (χ4v) is 4.52. The lowest BCUT2D eigenvalue weighted by atomic mass is 10.2. The van der Waals surface area contributed by atoms with Crippen LogP contribution in [0.5, 0.6) is 11.5 Å². The predicted molar refractivity (Wildman–Crippen MR) is 140 cm³/mol. The van der Waals surface area contributed by atoms with E-state index in [0.717, 1.165) is 16.0 Å². The molecule has 35 heavy (non-hydrogen) atoms. The highest BCUT2D eigenvalue weighted by atomic mass is 32.1. The number of carbonyl (C=O) groups excluding carboxylic acids is 2.